The molecule has 0 saturated carbocycles. The van der Waals surface area contributed by atoms with Crippen LogP contribution in [0.25, 0.3) is 22.6 Å². The number of benzene rings is 1. The van der Waals surface area contributed by atoms with E-state index in [1.807, 2.05) is 5.38 Å². The topological polar surface area (TPSA) is 107 Å². The van der Waals surface area contributed by atoms with Crippen molar-refractivity contribution in [2.45, 2.75) is 0 Å². The van der Waals surface area contributed by atoms with Crippen molar-refractivity contribution >= 4 is 17.2 Å². The first-order valence-electron chi connectivity index (χ1n) is 5.98. The molecule has 0 atom stereocenters. The van der Waals surface area contributed by atoms with Gasteiger partial charge in [-0.25, -0.2) is 9.97 Å². The molecule has 0 fully saturated rings. The van der Waals surface area contributed by atoms with Crippen molar-refractivity contribution in [3.8, 4) is 28.4 Å². The quantitative estimate of drug-likeness (QED) is 0.762. The van der Waals surface area contributed by atoms with E-state index < -0.39 is 5.91 Å². The lowest BCUT2D eigenvalue weighted by atomic mass is 9.99. The number of ether oxygens (including phenoxy) is 1. The van der Waals surface area contributed by atoms with Crippen LogP contribution < -0.4 is 10.5 Å². The first kappa shape index (κ1) is 13.3. The maximum atomic E-state index is 11.6. The predicted octanol–water partition coefficient (Wildman–Crippen LogP) is 1.70. The molecular formula is C13H11N5O2S. The molecule has 0 saturated heterocycles. The molecule has 8 heteroatoms. The second kappa shape index (κ2) is 5.33. The van der Waals surface area contributed by atoms with Crippen molar-refractivity contribution in [1.29, 1.82) is 0 Å². The lowest BCUT2D eigenvalue weighted by Gasteiger charge is -2.13. The van der Waals surface area contributed by atoms with E-state index in [1.165, 1.54) is 24.8 Å². The maximum Gasteiger partial charge on any atom is 0.252 e. The van der Waals surface area contributed by atoms with Gasteiger partial charge in [-0.3, -0.25) is 9.89 Å². The number of carbonyl (C=O) groups is 1. The first-order valence-corrected chi connectivity index (χ1v) is 6.92. The molecule has 1 aromatic carbocycles. The van der Waals surface area contributed by atoms with Crippen molar-refractivity contribution < 1.29 is 9.53 Å². The van der Waals surface area contributed by atoms with E-state index in [4.69, 9.17) is 10.5 Å². The molecule has 0 aliphatic carbocycles. The van der Waals surface area contributed by atoms with Crippen LogP contribution in [0.4, 0.5) is 0 Å². The standard InChI is InChI=1S/C13H11N5O2S/c1-20-11-8(12(14)19)3-2-7(13-15-5-17-18-13)10(11)9-4-21-6-16-9/h2-6H,1H3,(H2,14,19)(H,15,17,18). The number of H-pyrrole nitrogens is 1. The van der Waals surface area contributed by atoms with Gasteiger partial charge in [-0.1, -0.05) is 0 Å². The fraction of sp³-hybridized carbons (Fsp3) is 0.0769. The molecule has 0 spiro atoms. The second-order valence-corrected chi connectivity index (χ2v) is 4.85. The summed E-state index contributed by atoms with van der Waals surface area (Å²) in [7, 11) is 1.49. The Labute approximate surface area is 123 Å². The van der Waals surface area contributed by atoms with Crippen molar-refractivity contribution in [3.05, 3.63) is 34.9 Å². The second-order valence-electron chi connectivity index (χ2n) is 4.13. The van der Waals surface area contributed by atoms with Crippen LogP contribution in [-0.4, -0.2) is 33.2 Å². The summed E-state index contributed by atoms with van der Waals surface area (Å²) >= 11 is 1.44. The third-order valence-electron chi connectivity index (χ3n) is 2.97. The molecule has 7 nitrogen and oxygen atoms in total. The van der Waals surface area contributed by atoms with Crippen LogP contribution in [0.2, 0.25) is 0 Å². The SMILES string of the molecule is COc1c(C(N)=O)ccc(-c2nc[nH]n2)c1-c1cscn1. The number of nitrogens with zero attached hydrogens (tertiary/aromatic N) is 3. The van der Waals surface area contributed by atoms with Gasteiger partial charge in [-0.2, -0.15) is 5.10 Å². The largest absolute Gasteiger partial charge is 0.495 e. The number of nitrogens with one attached hydrogen (secondary N) is 1. The molecule has 3 N–H and O–H groups in total. The Morgan fingerprint density at radius 3 is 2.81 bits per heavy atom. The number of hydrogen-bond acceptors (Lipinski definition) is 6. The van der Waals surface area contributed by atoms with Crippen LogP contribution >= 0.6 is 11.3 Å². The third kappa shape index (κ3) is 2.25. The Balaban J connectivity index is 2.34. The number of thiazole rings is 1. The molecule has 0 radical (unpaired) electrons. The zero-order valence-corrected chi connectivity index (χ0v) is 11.8. The minimum atomic E-state index is -0.565. The number of primary amides is 1. The number of aromatic nitrogens is 4. The molecular weight excluding hydrogens is 290 g/mol. The van der Waals surface area contributed by atoms with E-state index in [0.29, 0.717) is 34.0 Å². The van der Waals surface area contributed by atoms with Gasteiger partial charge in [0.2, 0.25) is 0 Å². The first-order chi connectivity index (χ1) is 10.2. The highest BCUT2D eigenvalue weighted by atomic mass is 32.1. The number of carbonyl (C=O) groups excluding carboxylic acids is 1. The summed E-state index contributed by atoms with van der Waals surface area (Å²) in [5.74, 6) is 0.299. The highest BCUT2D eigenvalue weighted by Gasteiger charge is 2.22. The lowest BCUT2D eigenvalue weighted by molar-refractivity contribution is 0.0997. The van der Waals surface area contributed by atoms with Crippen LogP contribution in [0.3, 0.4) is 0 Å². The molecule has 2 heterocycles. The lowest BCUT2D eigenvalue weighted by Crippen LogP contribution is -2.13. The summed E-state index contributed by atoms with van der Waals surface area (Å²) in [6, 6.07) is 3.34. The molecule has 3 rings (SSSR count). The Kier molecular flexibility index (Phi) is 3.36. The van der Waals surface area contributed by atoms with E-state index in [2.05, 4.69) is 20.2 Å². The Hall–Kier alpha value is -2.74. The molecule has 2 aromatic heterocycles. The fourth-order valence-corrected chi connectivity index (χ4v) is 2.65. The number of hydrogen-bond donors (Lipinski definition) is 2. The molecule has 0 aliphatic rings. The zero-order chi connectivity index (χ0) is 14.8. The van der Waals surface area contributed by atoms with Crippen molar-refractivity contribution in [2.24, 2.45) is 5.73 Å². The van der Waals surface area contributed by atoms with Gasteiger partial charge < -0.3 is 10.5 Å². The van der Waals surface area contributed by atoms with Crippen LogP contribution in [0.5, 0.6) is 5.75 Å². The summed E-state index contributed by atoms with van der Waals surface area (Å²) in [6.07, 6.45) is 1.48. The number of amides is 1. The highest BCUT2D eigenvalue weighted by Crippen LogP contribution is 2.39. The number of methoxy groups -OCH3 is 1. The van der Waals surface area contributed by atoms with Gasteiger partial charge in [0.05, 0.1) is 29.4 Å². The summed E-state index contributed by atoms with van der Waals surface area (Å²) in [5, 5.41) is 8.60. The Morgan fingerprint density at radius 2 is 2.24 bits per heavy atom. The third-order valence-corrected chi connectivity index (χ3v) is 3.56. The number of rotatable bonds is 4. The van der Waals surface area contributed by atoms with E-state index >= 15 is 0 Å². The van der Waals surface area contributed by atoms with Gasteiger partial charge in [0.1, 0.15) is 12.1 Å². The monoisotopic (exact) mass is 301 g/mol. The number of nitrogens with two attached hydrogens (primary N) is 1. The average molecular weight is 301 g/mol. The minimum Gasteiger partial charge on any atom is -0.495 e. The molecule has 1 amide bonds. The molecule has 0 unspecified atom stereocenters. The molecule has 106 valence electrons. The maximum absolute atomic E-state index is 11.6. The van der Waals surface area contributed by atoms with Crippen LogP contribution in [0, 0.1) is 0 Å². The summed E-state index contributed by atoms with van der Waals surface area (Å²) in [6.45, 7) is 0. The van der Waals surface area contributed by atoms with Crippen LogP contribution in [0.15, 0.2) is 29.4 Å². The van der Waals surface area contributed by atoms with Crippen LogP contribution in [0.1, 0.15) is 10.4 Å². The zero-order valence-electron chi connectivity index (χ0n) is 11.0. The highest BCUT2D eigenvalue weighted by molar-refractivity contribution is 7.07. The van der Waals surface area contributed by atoms with Crippen LogP contribution in [-0.2, 0) is 0 Å². The average Bonchev–Trinajstić information content (AvgIpc) is 3.18. The summed E-state index contributed by atoms with van der Waals surface area (Å²) in [5.41, 5.74) is 9.44. The fourth-order valence-electron chi connectivity index (χ4n) is 2.10. The Bertz CT molecular complexity index is 768. The molecule has 0 aliphatic heterocycles. The van der Waals surface area contributed by atoms with Gasteiger partial charge in [0.15, 0.2) is 5.82 Å². The van der Waals surface area contributed by atoms with Gasteiger partial charge in [0, 0.05) is 10.9 Å². The van der Waals surface area contributed by atoms with Gasteiger partial charge in [-0.15, -0.1) is 11.3 Å². The Morgan fingerprint density at radius 1 is 1.38 bits per heavy atom. The summed E-state index contributed by atoms with van der Waals surface area (Å²) < 4.78 is 5.40. The predicted molar refractivity (Wildman–Crippen MR) is 78.0 cm³/mol. The van der Waals surface area contributed by atoms with Gasteiger partial charge in [0.25, 0.3) is 5.91 Å². The van der Waals surface area contributed by atoms with E-state index in [1.54, 1.807) is 17.6 Å². The number of aromatic amines is 1. The smallest absolute Gasteiger partial charge is 0.252 e. The summed E-state index contributed by atoms with van der Waals surface area (Å²) in [4.78, 5) is 20.0. The molecule has 21 heavy (non-hydrogen) atoms. The van der Waals surface area contributed by atoms with E-state index in [0.717, 1.165) is 0 Å². The normalized spacial score (nSPS) is 10.5. The van der Waals surface area contributed by atoms with Crippen molar-refractivity contribution in [2.75, 3.05) is 7.11 Å². The molecule has 3 aromatic rings. The van der Waals surface area contributed by atoms with Gasteiger partial charge in [-0.05, 0) is 12.1 Å². The van der Waals surface area contributed by atoms with Crippen molar-refractivity contribution in [3.63, 3.8) is 0 Å². The van der Waals surface area contributed by atoms with E-state index in [-0.39, 0.29) is 0 Å². The minimum absolute atomic E-state index is 0.291. The van der Waals surface area contributed by atoms with Crippen molar-refractivity contribution in [1.82, 2.24) is 20.2 Å². The van der Waals surface area contributed by atoms with Gasteiger partial charge >= 0.3 is 0 Å². The molecule has 0 bridgehead atoms. The van der Waals surface area contributed by atoms with E-state index in [9.17, 15) is 4.79 Å².